The van der Waals surface area contributed by atoms with Crippen molar-refractivity contribution in [2.75, 3.05) is 13.7 Å². The maximum absolute atomic E-state index is 12.9. The first kappa shape index (κ1) is 23.8. The van der Waals surface area contributed by atoms with Gasteiger partial charge in [0.25, 0.3) is 0 Å². The van der Waals surface area contributed by atoms with Crippen LogP contribution in [0, 0.1) is 62.6 Å². The Kier molecular flexibility index (Phi) is 5.08. The minimum absolute atomic E-state index is 0.0300. The molecule has 2 bridgehead atoms. The van der Waals surface area contributed by atoms with Crippen molar-refractivity contribution in [3.05, 3.63) is 0 Å². The number of methoxy groups -OCH3 is 1. The molecule has 0 aromatic rings. The number of ether oxygens (including phenoxy) is 2. The Labute approximate surface area is 208 Å². The lowest BCUT2D eigenvalue weighted by atomic mass is 9.31. The average Bonchev–Trinajstić information content (AvgIpc) is 3.13. The molecule has 0 radical (unpaired) electrons. The lowest BCUT2D eigenvalue weighted by Gasteiger charge is -2.73. The Morgan fingerprint density at radius 3 is 2.38 bits per heavy atom. The number of rotatable bonds is 1. The van der Waals surface area contributed by atoms with Crippen LogP contribution in [0.25, 0.3) is 0 Å². The van der Waals surface area contributed by atoms with Crippen molar-refractivity contribution in [1.29, 1.82) is 0 Å². The van der Waals surface area contributed by atoms with Gasteiger partial charge in [-0.2, -0.15) is 0 Å². The van der Waals surface area contributed by atoms with Crippen LogP contribution in [0.1, 0.15) is 106 Å². The summed E-state index contributed by atoms with van der Waals surface area (Å²) >= 11 is 0. The zero-order chi connectivity index (χ0) is 24.3. The number of esters is 1. The topological polar surface area (TPSA) is 35.5 Å². The van der Waals surface area contributed by atoms with Gasteiger partial charge in [-0.25, -0.2) is 0 Å². The fourth-order valence-corrected chi connectivity index (χ4v) is 12.6. The summed E-state index contributed by atoms with van der Waals surface area (Å²) in [6.45, 7) is 16.5. The van der Waals surface area contributed by atoms with E-state index in [0.29, 0.717) is 44.8 Å². The summed E-state index contributed by atoms with van der Waals surface area (Å²) in [5.74, 6) is 3.28. The van der Waals surface area contributed by atoms with Crippen molar-refractivity contribution in [3.8, 4) is 0 Å². The SMILES string of the molecule is COC(=O)[C@H]1[C@H](C)[C@H]2[C@H]3CC[C@@H]4[C@]5(C)CCCC(C)(C)[C@@H]5CC[C@]4(C)[C@]3(C)CC[C@]23CO[C@@H]1C3. The minimum Gasteiger partial charge on any atom is -0.469 e. The molecule has 6 aliphatic rings. The molecule has 3 nitrogen and oxygen atoms in total. The zero-order valence-corrected chi connectivity index (χ0v) is 23.0. The van der Waals surface area contributed by atoms with Crippen LogP contribution in [0.15, 0.2) is 0 Å². The quantitative estimate of drug-likeness (QED) is 0.378. The summed E-state index contributed by atoms with van der Waals surface area (Å²) in [4.78, 5) is 12.9. The molecular formula is C31H50O3. The zero-order valence-electron chi connectivity index (χ0n) is 23.0. The Hall–Kier alpha value is -0.570. The lowest BCUT2D eigenvalue weighted by molar-refractivity contribution is -0.245. The Bertz CT molecular complexity index is 865. The number of carbonyl (C=O) groups excluding carboxylic acids is 1. The molecular weight excluding hydrogens is 420 g/mol. The van der Waals surface area contributed by atoms with E-state index in [4.69, 9.17) is 9.47 Å². The van der Waals surface area contributed by atoms with E-state index in [1.807, 2.05) is 0 Å². The molecule has 0 aromatic carbocycles. The fraction of sp³-hybridized carbons (Fsp3) is 0.968. The summed E-state index contributed by atoms with van der Waals surface area (Å²) < 4.78 is 11.7. The molecule has 0 N–H and O–H groups in total. The van der Waals surface area contributed by atoms with E-state index < -0.39 is 0 Å². The van der Waals surface area contributed by atoms with Gasteiger partial charge in [0.1, 0.15) is 0 Å². The van der Waals surface area contributed by atoms with Crippen LogP contribution in [0.2, 0.25) is 0 Å². The number of hydrogen-bond donors (Lipinski definition) is 0. The molecule has 6 fully saturated rings. The van der Waals surface area contributed by atoms with Gasteiger partial charge < -0.3 is 9.47 Å². The Morgan fingerprint density at radius 2 is 1.65 bits per heavy atom. The van der Waals surface area contributed by atoms with Gasteiger partial charge in [-0.05, 0) is 114 Å². The first-order valence-corrected chi connectivity index (χ1v) is 14.6. The third-order valence-corrected chi connectivity index (χ3v) is 14.2. The molecule has 5 saturated carbocycles. The van der Waals surface area contributed by atoms with Gasteiger partial charge in [-0.3, -0.25) is 4.79 Å². The summed E-state index contributed by atoms with van der Waals surface area (Å²) in [6.07, 6.45) is 13.7. The maximum atomic E-state index is 12.9. The summed E-state index contributed by atoms with van der Waals surface area (Å²) in [6, 6.07) is 0. The second-order valence-corrected chi connectivity index (χ2v) is 15.4. The maximum Gasteiger partial charge on any atom is 0.311 e. The van der Waals surface area contributed by atoms with E-state index in [2.05, 4.69) is 41.5 Å². The average molecular weight is 471 g/mol. The minimum atomic E-state index is -0.0779. The predicted molar refractivity (Wildman–Crippen MR) is 135 cm³/mol. The monoisotopic (exact) mass is 470 g/mol. The molecule has 0 amide bonds. The molecule has 0 unspecified atom stereocenters. The molecule has 1 spiro atoms. The van der Waals surface area contributed by atoms with Crippen LogP contribution < -0.4 is 0 Å². The van der Waals surface area contributed by atoms with Gasteiger partial charge in [0.15, 0.2) is 0 Å². The summed E-state index contributed by atoms with van der Waals surface area (Å²) in [5, 5.41) is 0. The number of hydrogen-bond acceptors (Lipinski definition) is 3. The van der Waals surface area contributed by atoms with E-state index in [9.17, 15) is 4.79 Å². The summed E-state index contributed by atoms with van der Waals surface area (Å²) in [5.41, 5.74) is 2.06. The Morgan fingerprint density at radius 1 is 0.882 bits per heavy atom. The second kappa shape index (κ2) is 7.26. The van der Waals surface area contributed by atoms with Gasteiger partial charge in [0.2, 0.25) is 0 Å². The molecule has 0 aromatic heterocycles. The Balaban J connectivity index is 1.39. The number of fused-ring (bicyclic) bond motifs is 7. The molecule has 192 valence electrons. The molecule has 1 heterocycles. The molecule has 34 heavy (non-hydrogen) atoms. The van der Waals surface area contributed by atoms with Gasteiger partial charge in [-0.15, -0.1) is 0 Å². The first-order valence-electron chi connectivity index (χ1n) is 14.6. The third-order valence-electron chi connectivity index (χ3n) is 14.2. The van der Waals surface area contributed by atoms with Crippen LogP contribution in [-0.2, 0) is 14.3 Å². The van der Waals surface area contributed by atoms with Crippen LogP contribution in [0.5, 0.6) is 0 Å². The standard InChI is InChI=1S/C31H50O3/c1-19-24(26(32)33-7)21-17-31(18-34-21)16-15-29(5)20(25(19)31)9-10-23-28(4)13-8-12-27(2,3)22(28)11-14-30(23,29)6/h19-25H,8-18H2,1-7H3/t19-,20+,21+,22-,23+,24-,25-,28+,29+,30-,31-/m0/s1. The van der Waals surface area contributed by atoms with Crippen LogP contribution in [0.4, 0.5) is 0 Å². The molecule has 1 saturated heterocycles. The van der Waals surface area contributed by atoms with E-state index in [0.717, 1.165) is 24.9 Å². The predicted octanol–water partition coefficient (Wildman–Crippen LogP) is 7.28. The highest BCUT2D eigenvalue weighted by atomic mass is 16.5. The highest BCUT2D eigenvalue weighted by molar-refractivity contribution is 5.73. The molecule has 1 aliphatic heterocycles. The van der Waals surface area contributed by atoms with E-state index >= 15 is 0 Å². The largest absolute Gasteiger partial charge is 0.469 e. The van der Waals surface area contributed by atoms with Gasteiger partial charge in [0.05, 0.1) is 25.7 Å². The van der Waals surface area contributed by atoms with Crippen molar-refractivity contribution in [3.63, 3.8) is 0 Å². The molecule has 6 rings (SSSR count). The number of carbonyl (C=O) groups is 1. The van der Waals surface area contributed by atoms with Crippen molar-refractivity contribution in [2.45, 2.75) is 112 Å². The van der Waals surface area contributed by atoms with Crippen molar-refractivity contribution in [1.82, 2.24) is 0 Å². The van der Waals surface area contributed by atoms with Crippen LogP contribution >= 0.6 is 0 Å². The molecule has 3 heteroatoms. The van der Waals surface area contributed by atoms with E-state index in [-0.39, 0.29) is 18.0 Å². The highest BCUT2D eigenvalue weighted by Crippen LogP contribution is 2.77. The van der Waals surface area contributed by atoms with E-state index in [1.165, 1.54) is 57.8 Å². The molecule has 5 aliphatic carbocycles. The van der Waals surface area contributed by atoms with Gasteiger partial charge in [-0.1, -0.05) is 48.0 Å². The highest BCUT2D eigenvalue weighted by Gasteiger charge is 2.72. The first-order chi connectivity index (χ1) is 15.9. The summed E-state index contributed by atoms with van der Waals surface area (Å²) in [7, 11) is 1.56. The van der Waals surface area contributed by atoms with Crippen molar-refractivity contribution in [2.24, 2.45) is 62.6 Å². The second-order valence-electron chi connectivity index (χ2n) is 15.4. The van der Waals surface area contributed by atoms with Gasteiger partial charge in [0, 0.05) is 0 Å². The van der Waals surface area contributed by atoms with Crippen LogP contribution in [-0.4, -0.2) is 25.8 Å². The van der Waals surface area contributed by atoms with Crippen molar-refractivity contribution >= 4 is 5.97 Å². The third kappa shape index (κ3) is 2.72. The van der Waals surface area contributed by atoms with E-state index in [1.54, 1.807) is 7.11 Å². The smallest absolute Gasteiger partial charge is 0.311 e. The van der Waals surface area contributed by atoms with Crippen molar-refractivity contribution < 1.29 is 14.3 Å². The normalized spacial score (nSPS) is 57.6. The lowest BCUT2D eigenvalue weighted by Crippen LogP contribution is -2.67. The van der Waals surface area contributed by atoms with Crippen LogP contribution in [0.3, 0.4) is 0 Å². The fourth-order valence-electron chi connectivity index (χ4n) is 12.6. The molecule has 11 atom stereocenters. The van der Waals surface area contributed by atoms with Gasteiger partial charge >= 0.3 is 5.97 Å².